The number of carbonyl (C=O) groups is 2. The number of aromatic nitrogens is 2. The number of rotatable bonds is 3. The zero-order valence-electron chi connectivity index (χ0n) is 17.0. The topological polar surface area (TPSA) is 89.9 Å². The molecule has 2 aromatic heterocycles. The lowest BCUT2D eigenvalue weighted by Gasteiger charge is -2.05. The number of methoxy groups -OCH3 is 1. The van der Waals surface area contributed by atoms with Crippen LogP contribution in [0.5, 0.6) is 5.75 Å². The number of hydrogen-bond donors (Lipinski definition) is 1. The first-order valence-corrected chi connectivity index (χ1v) is 9.62. The molecule has 0 aliphatic carbocycles. The van der Waals surface area contributed by atoms with Crippen LogP contribution in [0.1, 0.15) is 23.1 Å². The standard InChI is InChI=1S/C23H22N4O3/c1-14-13-26(2)23(29)18(14)8-7-15-5-4-6-16(11-15)20-19-12-17(30-3)9-10-27(19)22(25-20)21(24)28/h4-6,9-12,14,18H,13H2,1-3H3,(H2,24,28)/t14-,18?/m1/s1. The number of nitrogens with zero attached hydrogens (tertiary/aromatic N) is 3. The Morgan fingerprint density at radius 1 is 1.30 bits per heavy atom. The smallest absolute Gasteiger partial charge is 0.285 e. The van der Waals surface area contributed by atoms with Crippen molar-refractivity contribution in [2.75, 3.05) is 20.7 Å². The fourth-order valence-corrected chi connectivity index (χ4v) is 3.80. The Bertz CT molecular complexity index is 1220. The maximum Gasteiger partial charge on any atom is 0.285 e. The summed E-state index contributed by atoms with van der Waals surface area (Å²) in [5.41, 5.74) is 8.39. The van der Waals surface area contributed by atoms with Crippen LogP contribution in [0.3, 0.4) is 0 Å². The van der Waals surface area contributed by atoms with E-state index in [1.54, 1.807) is 35.7 Å². The van der Waals surface area contributed by atoms with Gasteiger partial charge < -0.3 is 15.4 Å². The van der Waals surface area contributed by atoms with E-state index in [0.717, 1.165) is 17.7 Å². The van der Waals surface area contributed by atoms with E-state index in [1.807, 2.05) is 37.3 Å². The summed E-state index contributed by atoms with van der Waals surface area (Å²) in [7, 11) is 3.38. The van der Waals surface area contributed by atoms with Crippen molar-refractivity contribution < 1.29 is 14.3 Å². The lowest BCUT2D eigenvalue weighted by Crippen LogP contribution is -2.21. The van der Waals surface area contributed by atoms with E-state index in [9.17, 15) is 9.59 Å². The third-order valence-corrected chi connectivity index (χ3v) is 5.35. The van der Waals surface area contributed by atoms with Gasteiger partial charge in [0.1, 0.15) is 11.7 Å². The number of amides is 2. The molecule has 0 spiro atoms. The highest BCUT2D eigenvalue weighted by atomic mass is 16.5. The van der Waals surface area contributed by atoms with Gasteiger partial charge in [-0.25, -0.2) is 4.98 Å². The Morgan fingerprint density at radius 2 is 2.10 bits per heavy atom. The van der Waals surface area contributed by atoms with E-state index in [1.165, 1.54) is 0 Å². The summed E-state index contributed by atoms with van der Waals surface area (Å²) >= 11 is 0. The van der Waals surface area contributed by atoms with Crippen LogP contribution < -0.4 is 10.5 Å². The Balaban J connectivity index is 1.76. The molecule has 1 saturated heterocycles. The van der Waals surface area contributed by atoms with Crippen LogP contribution in [0.25, 0.3) is 16.8 Å². The summed E-state index contributed by atoms with van der Waals surface area (Å²) in [4.78, 5) is 30.3. The predicted octanol–water partition coefficient (Wildman–Crippen LogP) is 2.18. The first-order valence-electron chi connectivity index (χ1n) is 9.62. The van der Waals surface area contributed by atoms with Crippen molar-refractivity contribution in [1.29, 1.82) is 0 Å². The van der Waals surface area contributed by atoms with Gasteiger partial charge in [0.05, 0.1) is 18.3 Å². The fraction of sp³-hybridized carbons (Fsp3) is 0.261. The highest BCUT2D eigenvalue weighted by molar-refractivity contribution is 5.93. The third kappa shape index (κ3) is 3.37. The van der Waals surface area contributed by atoms with E-state index in [4.69, 9.17) is 10.5 Å². The van der Waals surface area contributed by atoms with Gasteiger partial charge in [-0.1, -0.05) is 30.9 Å². The van der Waals surface area contributed by atoms with Crippen molar-refractivity contribution in [3.8, 4) is 28.8 Å². The molecule has 0 saturated carbocycles. The summed E-state index contributed by atoms with van der Waals surface area (Å²) in [5.74, 6) is 6.39. The van der Waals surface area contributed by atoms with Crippen LogP contribution in [0.2, 0.25) is 0 Å². The van der Waals surface area contributed by atoms with Gasteiger partial charge in [0.2, 0.25) is 11.7 Å². The summed E-state index contributed by atoms with van der Waals surface area (Å²) < 4.78 is 6.96. The Kier molecular flexibility index (Phi) is 4.92. The number of primary amides is 1. The van der Waals surface area contributed by atoms with Crippen LogP contribution in [0.15, 0.2) is 42.6 Å². The second-order valence-electron chi connectivity index (χ2n) is 7.49. The van der Waals surface area contributed by atoms with Crippen LogP contribution in [-0.2, 0) is 4.79 Å². The molecule has 1 fully saturated rings. The first-order chi connectivity index (χ1) is 14.4. The minimum absolute atomic E-state index is 0.0597. The van der Waals surface area contributed by atoms with Crippen molar-refractivity contribution in [1.82, 2.24) is 14.3 Å². The second kappa shape index (κ2) is 7.56. The molecule has 3 aromatic rings. The van der Waals surface area contributed by atoms with Gasteiger partial charge in [-0.05, 0) is 24.1 Å². The van der Waals surface area contributed by atoms with Gasteiger partial charge in [0.15, 0.2) is 0 Å². The monoisotopic (exact) mass is 402 g/mol. The van der Waals surface area contributed by atoms with Crippen molar-refractivity contribution in [2.45, 2.75) is 6.92 Å². The van der Waals surface area contributed by atoms with Crippen LogP contribution in [0.4, 0.5) is 0 Å². The molecule has 30 heavy (non-hydrogen) atoms. The van der Waals surface area contributed by atoms with E-state index in [-0.39, 0.29) is 23.6 Å². The molecular formula is C23H22N4O3. The highest BCUT2D eigenvalue weighted by Gasteiger charge is 2.34. The molecule has 0 bridgehead atoms. The van der Waals surface area contributed by atoms with Gasteiger partial charge >= 0.3 is 0 Å². The Hall–Kier alpha value is -3.79. The van der Waals surface area contributed by atoms with E-state index >= 15 is 0 Å². The highest BCUT2D eigenvalue weighted by Crippen LogP contribution is 2.28. The maximum atomic E-state index is 12.3. The summed E-state index contributed by atoms with van der Waals surface area (Å²) in [5, 5.41) is 0. The first kappa shape index (κ1) is 19.5. The minimum atomic E-state index is -0.616. The molecule has 0 radical (unpaired) electrons. The number of nitrogens with two attached hydrogens (primary N) is 1. The zero-order chi connectivity index (χ0) is 21.4. The molecule has 2 N–H and O–H groups in total. The molecule has 1 aliphatic rings. The number of benzene rings is 1. The summed E-state index contributed by atoms with van der Waals surface area (Å²) in [6.07, 6.45) is 1.71. The molecule has 7 heteroatoms. The van der Waals surface area contributed by atoms with Crippen LogP contribution in [-0.4, -0.2) is 46.8 Å². The number of fused-ring (bicyclic) bond motifs is 1. The molecule has 2 amide bonds. The second-order valence-corrected chi connectivity index (χ2v) is 7.49. The number of imidazole rings is 1. The van der Waals surface area contributed by atoms with Crippen molar-refractivity contribution in [2.24, 2.45) is 17.6 Å². The zero-order valence-corrected chi connectivity index (χ0v) is 17.0. The molecule has 2 atom stereocenters. The lowest BCUT2D eigenvalue weighted by molar-refractivity contribution is -0.128. The van der Waals surface area contributed by atoms with Gasteiger partial charge in [-0.3, -0.25) is 14.0 Å². The number of hydrogen-bond acceptors (Lipinski definition) is 4. The predicted molar refractivity (Wildman–Crippen MR) is 113 cm³/mol. The number of likely N-dealkylation sites (tertiary alicyclic amines) is 1. The van der Waals surface area contributed by atoms with Crippen LogP contribution in [0, 0.1) is 23.7 Å². The van der Waals surface area contributed by atoms with E-state index < -0.39 is 5.91 Å². The van der Waals surface area contributed by atoms with Crippen molar-refractivity contribution in [3.05, 3.63) is 54.0 Å². The molecule has 7 nitrogen and oxygen atoms in total. The molecule has 4 rings (SSSR count). The molecular weight excluding hydrogens is 380 g/mol. The molecule has 1 aliphatic heterocycles. The Labute approximate surface area is 174 Å². The van der Waals surface area contributed by atoms with Gasteiger partial charge in [0, 0.05) is 37.0 Å². The SMILES string of the molecule is COc1ccn2c(C(N)=O)nc(-c3cccc(C#CC4C(=O)N(C)C[C@H]4C)c3)c2c1. The molecule has 1 unspecified atom stereocenters. The largest absolute Gasteiger partial charge is 0.497 e. The maximum absolute atomic E-state index is 12.3. The molecule has 3 heterocycles. The van der Waals surface area contributed by atoms with Crippen molar-refractivity contribution >= 4 is 17.3 Å². The van der Waals surface area contributed by atoms with Gasteiger partial charge in [0.25, 0.3) is 5.91 Å². The summed E-state index contributed by atoms with van der Waals surface area (Å²) in [6, 6.07) is 11.1. The van der Waals surface area contributed by atoms with E-state index in [0.29, 0.717) is 17.0 Å². The van der Waals surface area contributed by atoms with Gasteiger partial charge in [-0.2, -0.15) is 0 Å². The average Bonchev–Trinajstić information content (AvgIpc) is 3.23. The number of pyridine rings is 1. The Morgan fingerprint density at radius 3 is 2.77 bits per heavy atom. The fourth-order valence-electron chi connectivity index (χ4n) is 3.80. The average molecular weight is 402 g/mol. The molecule has 152 valence electrons. The summed E-state index contributed by atoms with van der Waals surface area (Å²) in [6.45, 7) is 2.75. The quantitative estimate of drug-likeness (QED) is 0.680. The minimum Gasteiger partial charge on any atom is -0.497 e. The number of ether oxygens (including phenoxy) is 1. The number of carbonyl (C=O) groups excluding carboxylic acids is 2. The molecule has 1 aromatic carbocycles. The van der Waals surface area contributed by atoms with Crippen molar-refractivity contribution in [3.63, 3.8) is 0 Å². The van der Waals surface area contributed by atoms with Crippen LogP contribution >= 0.6 is 0 Å². The van der Waals surface area contributed by atoms with E-state index in [2.05, 4.69) is 16.8 Å². The normalized spacial score (nSPS) is 18.4. The van der Waals surface area contributed by atoms with Gasteiger partial charge in [-0.15, -0.1) is 0 Å². The lowest BCUT2D eigenvalue weighted by atomic mass is 9.97. The third-order valence-electron chi connectivity index (χ3n) is 5.35.